The highest BCUT2D eigenvalue weighted by Gasteiger charge is 2.26. The highest BCUT2D eigenvalue weighted by atomic mass is 16.6. The lowest BCUT2D eigenvalue weighted by Gasteiger charge is -2.28. The van der Waals surface area contributed by atoms with E-state index in [1.165, 1.54) is 0 Å². The lowest BCUT2D eigenvalue weighted by atomic mass is 10.0. The van der Waals surface area contributed by atoms with Crippen LogP contribution in [0.3, 0.4) is 0 Å². The van der Waals surface area contributed by atoms with E-state index < -0.39 is 17.7 Å². The van der Waals surface area contributed by atoms with Crippen molar-refractivity contribution in [1.82, 2.24) is 16.0 Å². The van der Waals surface area contributed by atoms with Gasteiger partial charge in [-0.3, -0.25) is 4.79 Å². The molecule has 2 aromatic rings. The normalized spacial score (nSPS) is 13.5. The molecule has 7 heteroatoms. The van der Waals surface area contributed by atoms with Crippen LogP contribution in [-0.2, 0) is 22.6 Å². The van der Waals surface area contributed by atoms with Crippen molar-refractivity contribution in [2.24, 2.45) is 5.92 Å². The summed E-state index contributed by atoms with van der Waals surface area (Å²) in [4.78, 5) is 25.7. The van der Waals surface area contributed by atoms with Crippen LogP contribution in [0.2, 0.25) is 0 Å². The first-order valence-electron chi connectivity index (χ1n) is 13.5. The topological polar surface area (TPSA) is 88.7 Å². The average molecular weight is 526 g/mol. The van der Waals surface area contributed by atoms with Crippen molar-refractivity contribution >= 4 is 12.0 Å². The van der Waals surface area contributed by atoms with Crippen LogP contribution in [0, 0.1) is 5.92 Å². The van der Waals surface area contributed by atoms with Crippen molar-refractivity contribution in [2.45, 2.75) is 98.1 Å². The molecule has 0 aliphatic heterocycles. The zero-order valence-corrected chi connectivity index (χ0v) is 24.4. The Hall–Kier alpha value is -3.06. The number of benzene rings is 2. The molecule has 0 spiro atoms. The molecule has 7 nitrogen and oxygen atoms in total. The summed E-state index contributed by atoms with van der Waals surface area (Å²) in [5.41, 5.74) is 1.18. The first-order chi connectivity index (χ1) is 17.7. The van der Waals surface area contributed by atoms with Gasteiger partial charge >= 0.3 is 6.09 Å². The number of rotatable bonds is 12. The molecule has 2 atom stereocenters. The van der Waals surface area contributed by atoms with Crippen LogP contribution in [0.4, 0.5) is 4.79 Å². The minimum absolute atomic E-state index is 0.0810. The molecule has 2 rings (SSSR count). The third kappa shape index (κ3) is 13.0. The van der Waals surface area contributed by atoms with Crippen LogP contribution >= 0.6 is 0 Å². The molecule has 0 radical (unpaired) electrons. The number of hydrogen-bond donors (Lipinski definition) is 3. The molecule has 0 bridgehead atoms. The maximum atomic E-state index is 13.2. The van der Waals surface area contributed by atoms with Crippen LogP contribution in [0.25, 0.3) is 0 Å². The lowest BCUT2D eigenvalue weighted by molar-refractivity contribution is -0.124. The zero-order valence-electron chi connectivity index (χ0n) is 24.4. The molecule has 0 saturated carbocycles. The predicted molar refractivity (Wildman–Crippen MR) is 153 cm³/mol. The van der Waals surface area contributed by atoms with Crippen LogP contribution in [-0.4, -0.2) is 41.8 Å². The van der Waals surface area contributed by atoms with E-state index in [0.717, 1.165) is 23.3 Å². The third-order valence-electron chi connectivity index (χ3n) is 5.51. The monoisotopic (exact) mass is 525 g/mol. The minimum atomic E-state index is -0.577. The van der Waals surface area contributed by atoms with Crippen molar-refractivity contribution in [3.8, 4) is 5.75 Å². The molecule has 38 heavy (non-hydrogen) atoms. The van der Waals surface area contributed by atoms with Crippen molar-refractivity contribution in [3.63, 3.8) is 0 Å². The maximum Gasteiger partial charge on any atom is 0.407 e. The van der Waals surface area contributed by atoms with Gasteiger partial charge in [0.1, 0.15) is 18.0 Å². The highest BCUT2D eigenvalue weighted by Crippen LogP contribution is 2.16. The summed E-state index contributed by atoms with van der Waals surface area (Å²) in [5, 5.41) is 9.47. The molecule has 0 fully saturated rings. The summed E-state index contributed by atoms with van der Waals surface area (Å²) in [7, 11) is 0. The lowest BCUT2D eigenvalue weighted by Crippen LogP contribution is -2.54. The number of amides is 2. The summed E-state index contributed by atoms with van der Waals surface area (Å²) in [6.45, 7) is 16.6. The largest absolute Gasteiger partial charge is 0.489 e. The first-order valence-corrected chi connectivity index (χ1v) is 13.5. The van der Waals surface area contributed by atoms with E-state index in [-0.39, 0.29) is 17.5 Å². The average Bonchev–Trinajstić information content (AvgIpc) is 2.79. The van der Waals surface area contributed by atoms with Gasteiger partial charge in [0.2, 0.25) is 5.91 Å². The standard InChI is InChI=1S/C31H47N3O4/c1-22(2)18-25(33-29(36)38-31(6,7)8)20-32-27(28(35)34-30(3,4)5)19-23-14-16-26(17-15-23)37-21-24-12-10-9-11-13-24/h9-17,22,25,27,32H,18-21H2,1-8H3,(H,33,36)(H,34,35)/t25-,27+/m1/s1. The van der Waals surface area contributed by atoms with Gasteiger partial charge in [-0.05, 0) is 83.6 Å². The van der Waals surface area contributed by atoms with Gasteiger partial charge < -0.3 is 25.4 Å². The SMILES string of the molecule is CC(C)C[C@H](CN[C@@H](Cc1ccc(OCc2ccccc2)cc1)C(=O)NC(C)(C)C)NC(=O)OC(C)(C)C. The summed E-state index contributed by atoms with van der Waals surface area (Å²) in [6, 6.07) is 17.2. The number of alkyl carbamates (subject to hydrolysis) is 1. The molecule has 0 unspecified atom stereocenters. The Bertz CT molecular complexity index is 993. The van der Waals surface area contributed by atoms with Crippen molar-refractivity contribution < 1.29 is 19.1 Å². The highest BCUT2D eigenvalue weighted by molar-refractivity contribution is 5.82. The Labute approximate surface area is 229 Å². The predicted octanol–water partition coefficient (Wildman–Crippen LogP) is 5.62. The summed E-state index contributed by atoms with van der Waals surface area (Å²) >= 11 is 0. The van der Waals surface area contributed by atoms with E-state index >= 15 is 0 Å². The summed E-state index contributed by atoms with van der Waals surface area (Å²) in [5.74, 6) is 1.06. The van der Waals surface area contributed by atoms with Gasteiger partial charge in [-0.25, -0.2) is 4.79 Å². The van der Waals surface area contributed by atoms with Gasteiger partial charge in [-0.2, -0.15) is 0 Å². The van der Waals surface area contributed by atoms with E-state index in [4.69, 9.17) is 9.47 Å². The molecule has 0 saturated heterocycles. The van der Waals surface area contributed by atoms with Crippen molar-refractivity contribution in [3.05, 3.63) is 65.7 Å². The third-order valence-corrected chi connectivity index (χ3v) is 5.51. The number of carbonyl (C=O) groups is 2. The van der Waals surface area contributed by atoms with Crippen LogP contribution < -0.4 is 20.7 Å². The molecule has 0 heterocycles. The van der Waals surface area contributed by atoms with Gasteiger partial charge in [0.05, 0.1) is 6.04 Å². The van der Waals surface area contributed by atoms with Crippen LogP contribution in [0.15, 0.2) is 54.6 Å². The van der Waals surface area contributed by atoms with Crippen molar-refractivity contribution in [1.29, 1.82) is 0 Å². The zero-order chi connectivity index (χ0) is 28.3. The molecular formula is C31H47N3O4. The maximum absolute atomic E-state index is 13.2. The fraction of sp³-hybridized carbons (Fsp3) is 0.548. The number of nitrogens with one attached hydrogen (secondary N) is 3. The minimum Gasteiger partial charge on any atom is -0.489 e. The van der Waals surface area contributed by atoms with Gasteiger partial charge in [0.15, 0.2) is 0 Å². The fourth-order valence-electron chi connectivity index (χ4n) is 3.93. The van der Waals surface area contributed by atoms with Gasteiger partial charge in [-0.1, -0.05) is 56.3 Å². The molecule has 0 aliphatic carbocycles. The second kappa shape index (κ2) is 14.2. The molecule has 0 aromatic heterocycles. The second-order valence-electron chi connectivity index (χ2n) is 12.3. The Morgan fingerprint density at radius 2 is 1.50 bits per heavy atom. The van der Waals surface area contributed by atoms with Crippen molar-refractivity contribution in [2.75, 3.05) is 6.54 Å². The van der Waals surface area contributed by atoms with E-state index in [2.05, 4.69) is 29.8 Å². The molecule has 2 amide bonds. The Morgan fingerprint density at radius 3 is 2.05 bits per heavy atom. The number of carbonyl (C=O) groups excluding carboxylic acids is 2. The molecule has 210 valence electrons. The molecule has 0 aliphatic rings. The summed E-state index contributed by atoms with van der Waals surface area (Å²) in [6.07, 6.45) is 0.807. The number of hydrogen-bond acceptors (Lipinski definition) is 5. The summed E-state index contributed by atoms with van der Waals surface area (Å²) < 4.78 is 11.4. The van der Waals surface area contributed by atoms with Gasteiger partial charge in [0, 0.05) is 18.1 Å². The molecule has 3 N–H and O–H groups in total. The molecule has 2 aromatic carbocycles. The quantitative estimate of drug-likeness (QED) is 0.335. The van der Waals surface area contributed by atoms with E-state index in [1.54, 1.807) is 0 Å². The van der Waals surface area contributed by atoms with Crippen LogP contribution in [0.5, 0.6) is 5.75 Å². The number of ether oxygens (including phenoxy) is 2. The Kier molecular flexibility index (Phi) is 11.6. The smallest absolute Gasteiger partial charge is 0.407 e. The first kappa shape index (κ1) is 31.2. The Balaban J connectivity index is 2.07. The van der Waals surface area contributed by atoms with E-state index in [0.29, 0.717) is 25.5 Å². The van der Waals surface area contributed by atoms with Gasteiger partial charge in [-0.15, -0.1) is 0 Å². The fourth-order valence-corrected chi connectivity index (χ4v) is 3.93. The van der Waals surface area contributed by atoms with E-state index in [1.807, 2.05) is 96.1 Å². The van der Waals surface area contributed by atoms with E-state index in [9.17, 15) is 9.59 Å². The Morgan fingerprint density at radius 1 is 0.868 bits per heavy atom. The second-order valence-corrected chi connectivity index (χ2v) is 12.3. The van der Waals surface area contributed by atoms with Crippen LogP contribution in [0.1, 0.15) is 72.9 Å². The van der Waals surface area contributed by atoms with Gasteiger partial charge in [0.25, 0.3) is 0 Å². The molecular weight excluding hydrogens is 478 g/mol.